The fourth-order valence-electron chi connectivity index (χ4n) is 0.492. The third kappa shape index (κ3) is 1.86. The van der Waals surface area contributed by atoms with Gasteiger partial charge in [0.2, 0.25) is 0 Å². The fraction of sp³-hybridized carbons (Fsp3) is 0.667. The van der Waals surface area contributed by atoms with Crippen LogP contribution >= 0.6 is 0 Å². The molecule has 0 aromatic carbocycles. The number of hydrazine groups is 1. The summed E-state index contributed by atoms with van der Waals surface area (Å²) in [5.74, 6) is 0.135. The maximum atomic E-state index is 9.80. The zero-order valence-electron chi connectivity index (χ0n) is 5.03. The van der Waals surface area contributed by atoms with Crippen LogP contribution in [0.2, 0.25) is 0 Å². The zero-order chi connectivity index (χ0) is 7.40. The second-order valence-corrected chi connectivity index (χ2v) is 1.53. The summed E-state index contributed by atoms with van der Waals surface area (Å²) >= 11 is 0. The second kappa shape index (κ2) is 2.97. The van der Waals surface area contributed by atoms with Gasteiger partial charge in [-0.2, -0.15) is 0 Å². The predicted molar refractivity (Wildman–Crippen MR) is 31.5 cm³/mol. The molecular formula is C3H6N4O3. The number of rotatable bonds is 1. The molecule has 1 aliphatic rings. The number of aliphatic imine (C=N–C) groups is 1. The summed E-state index contributed by atoms with van der Waals surface area (Å²) in [5, 5.41) is 11.6. The lowest BCUT2D eigenvalue weighted by molar-refractivity contribution is -0.525. The molecule has 0 amide bonds. The van der Waals surface area contributed by atoms with E-state index in [1.54, 1.807) is 0 Å². The van der Waals surface area contributed by atoms with Gasteiger partial charge in [-0.3, -0.25) is 0 Å². The van der Waals surface area contributed by atoms with Crippen LogP contribution in [0.3, 0.4) is 0 Å². The Bertz CT molecular complexity index is 167. The highest BCUT2D eigenvalue weighted by molar-refractivity contribution is 5.78. The third-order valence-electron chi connectivity index (χ3n) is 0.853. The summed E-state index contributed by atoms with van der Waals surface area (Å²) in [5.41, 5.74) is 1.86. The van der Waals surface area contributed by atoms with E-state index < -0.39 is 5.03 Å². The summed E-state index contributed by atoms with van der Waals surface area (Å²) in [6.45, 7) is 0.406. The maximum absolute atomic E-state index is 9.80. The third-order valence-corrected chi connectivity index (χ3v) is 0.853. The minimum Gasteiger partial charge on any atom is -0.339 e. The van der Waals surface area contributed by atoms with Crippen LogP contribution in [0, 0.1) is 10.1 Å². The number of nitrogens with zero attached hydrogens (tertiary/aromatic N) is 2. The van der Waals surface area contributed by atoms with Gasteiger partial charge in [-0.15, -0.1) is 0 Å². The molecule has 10 heavy (non-hydrogen) atoms. The van der Waals surface area contributed by atoms with E-state index in [9.17, 15) is 10.1 Å². The Balaban J connectivity index is 2.38. The fourth-order valence-corrected chi connectivity index (χ4v) is 0.492. The Morgan fingerprint density at radius 3 is 3.20 bits per heavy atom. The molecule has 0 atom stereocenters. The number of ether oxygens (including phenoxy) is 1. The van der Waals surface area contributed by atoms with E-state index in [2.05, 4.69) is 10.3 Å². The molecular weight excluding hydrogens is 140 g/mol. The van der Waals surface area contributed by atoms with Gasteiger partial charge in [-0.1, -0.05) is 5.43 Å². The number of hydrogen-bond donors (Lipinski definition) is 2. The van der Waals surface area contributed by atoms with Crippen molar-refractivity contribution in [2.75, 3.05) is 13.5 Å². The van der Waals surface area contributed by atoms with Crippen molar-refractivity contribution >= 4 is 5.96 Å². The molecule has 0 unspecified atom stereocenters. The Hall–Kier alpha value is -1.37. The van der Waals surface area contributed by atoms with E-state index in [-0.39, 0.29) is 19.4 Å². The average Bonchev–Trinajstić information content (AvgIpc) is 1.88. The normalized spacial score (nSPS) is 17.0. The lowest BCUT2D eigenvalue weighted by Gasteiger charge is -2.11. The summed E-state index contributed by atoms with van der Waals surface area (Å²) in [4.78, 5) is 13.4. The molecule has 7 nitrogen and oxygen atoms in total. The first-order valence-corrected chi connectivity index (χ1v) is 2.56. The summed E-state index contributed by atoms with van der Waals surface area (Å²) < 4.78 is 4.72. The first-order chi connectivity index (χ1) is 4.79. The zero-order valence-corrected chi connectivity index (χ0v) is 5.03. The largest absolute Gasteiger partial charge is 0.339 e. The van der Waals surface area contributed by atoms with Gasteiger partial charge in [0.25, 0.3) is 5.96 Å². The van der Waals surface area contributed by atoms with E-state index in [4.69, 9.17) is 4.74 Å². The lowest BCUT2D eigenvalue weighted by atomic mass is 10.9. The molecule has 0 aliphatic carbocycles. The van der Waals surface area contributed by atoms with Crippen molar-refractivity contribution in [3.8, 4) is 0 Å². The summed E-state index contributed by atoms with van der Waals surface area (Å²) in [7, 11) is 0. The molecule has 0 spiro atoms. The van der Waals surface area contributed by atoms with Gasteiger partial charge in [0.05, 0.1) is 0 Å². The minimum atomic E-state index is -0.683. The van der Waals surface area contributed by atoms with Crippen LogP contribution in [0.15, 0.2) is 4.99 Å². The van der Waals surface area contributed by atoms with Crippen molar-refractivity contribution in [3.63, 3.8) is 0 Å². The van der Waals surface area contributed by atoms with E-state index in [1.807, 2.05) is 5.43 Å². The highest BCUT2D eigenvalue weighted by atomic mass is 16.7. The highest BCUT2D eigenvalue weighted by Crippen LogP contribution is 1.81. The summed E-state index contributed by atoms with van der Waals surface area (Å²) in [6.07, 6.45) is 0. The van der Waals surface area contributed by atoms with Crippen LogP contribution in [0.25, 0.3) is 0 Å². The molecule has 56 valence electrons. The summed E-state index contributed by atoms with van der Waals surface area (Å²) in [6, 6.07) is 0. The van der Waals surface area contributed by atoms with Gasteiger partial charge >= 0.3 is 0 Å². The van der Waals surface area contributed by atoms with Crippen molar-refractivity contribution in [2.45, 2.75) is 0 Å². The Kier molecular flexibility index (Phi) is 2.00. The quantitative estimate of drug-likeness (QED) is 0.353. The van der Waals surface area contributed by atoms with E-state index >= 15 is 0 Å². The van der Waals surface area contributed by atoms with Crippen LogP contribution in [0.1, 0.15) is 0 Å². The molecule has 0 saturated carbocycles. The number of hydrogen-bond acceptors (Lipinski definition) is 5. The lowest BCUT2D eigenvalue weighted by Crippen LogP contribution is -2.44. The molecule has 1 rings (SSSR count). The maximum Gasteiger partial charge on any atom is 0.258 e. The topological polar surface area (TPSA) is 88.8 Å². The van der Waals surface area contributed by atoms with Gasteiger partial charge in [0.1, 0.15) is 13.5 Å². The monoisotopic (exact) mass is 146 g/mol. The van der Waals surface area contributed by atoms with Gasteiger partial charge in [0, 0.05) is 0 Å². The molecule has 0 saturated heterocycles. The number of nitrogens with one attached hydrogen (secondary N) is 2. The number of nitro groups is 1. The smallest absolute Gasteiger partial charge is 0.258 e. The Morgan fingerprint density at radius 1 is 1.90 bits per heavy atom. The molecule has 0 fully saturated rings. The first-order valence-electron chi connectivity index (χ1n) is 2.56. The van der Waals surface area contributed by atoms with E-state index in [0.29, 0.717) is 0 Å². The van der Waals surface area contributed by atoms with E-state index in [0.717, 1.165) is 0 Å². The van der Waals surface area contributed by atoms with E-state index in [1.165, 1.54) is 0 Å². The Morgan fingerprint density at radius 2 is 2.70 bits per heavy atom. The van der Waals surface area contributed by atoms with Crippen LogP contribution in [-0.2, 0) is 4.74 Å². The van der Waals surface area contributed by atoms with Gasteiger partial charge in [0.15, 0.2) is 5.03 Å². The first kappa shape index (κ1) is 6.75. The SMILES string of the molecule is O=[N+]([O-])NC1=NCOCN1. The molecule has 1 aliphatic heterocycles. The molecule has 0 radical (unpaired) electrons. The van der Waals surface area contributed by atoms with Crippen molar-refractivity contribution in [2.24, 2.45) is 4.99 Å². The van der Waals surface area contributed by atoms with Gasteiger partial charge in [-0.25, -0.2) is 15.1 Å². The van der Waals surface area contributed by atoms with Gasteiger partial charge < -0.3 is 10.1 Å². The molecule has 0 aromatic rings. The van der Waals surface area contributed by atoms with Crippen LogP contribution < -0.4 is 10.7 Å². The highest BCUT2D eigenvalue weighted by Gasteiger charge is 2.06. The molecule has 0 bridgehead atoms. The Labute approximate surface area is 56.2 Å². The van der Waals surface area contributed by atoms with Crippen LogP contribution in [0.5, 0.6) is 0 Å². The molecule has 2 N–H and O–H groups in total. The van der Waals surface area contributed by atoms with Crippen LogP contribution in [-0.4, -0.2) is 24.5 Å². The molecule has 0 aromatic heterocycles. The molecule has 1 heterocycles. The van der Waals surface area contributed by atoms with Gasteiger partial charge in [-0.05, 0) is 0 Å². The second-order valence-electron chi connectivity index (χ2n) is 1.53. The number of guanidine groups is 1. The predicted octanol–water partition coefficient (Wildman–Crippen LogP) is -1.34. The van der Waals surface area contributed by atoms with Crippen molar-refractivity contribution in [1.82, 2.24) is 10.7 Å². The average molecular weight is 146 g/mol. The minimum absolute atomic E-state index is 0.135. The van der Waals surface area contributed by atoms with Crippen LogP contribution in [0.4, 0.5) is 0 Å². The standard InChI is InChI=1S/C3H6N4O3/c8-7(9)6-3-4-1-10-2-5-3/h1-2H2,(H2,4,5,6). The van der Waals surface area contributed by atoms with Crippen molar-refractivity contribution in [3.05, 3.63) is 10.1 Å². The van der Waals surface area contributed by atoms with Crippen molar-refractivity contribution in [1.29, 1.82) is 0 Å². The molecule has 7 heteroatoms. The van der Waals surface area contributed by atoms with Crippen molar-refractivity contribution < 1.29 is 9.77 Å².